The standard InChI is InChI=1S/C13H20N2O6S2/c1-6(4-22-14)23(20,21)5-8-3-9-10(7(2)16)12(17)15(9)11(8)13(18)19/h6-7,9-10,16H,3-5,14H2,1-2H3,(H,18,19). The number of β-lactam (4-membered cyclic amide) rings is 1. The minimum atomic E-state index is -3.57. The molecule has 0 radical (unpaired) electrons. The van der Waals surface area contributed by atoms with Crippen molar-refractivity contribution in [2.75, 3.05) is 11.5 Å². The summed E-state index contributed by atoms with van der Waals surface area (Å²) < 4.78 is 24.7. The van der Waals surface area contributed by atoms with Crippen molar-refractivity contribution < 1.29 is 28.2 Å². The molecule has 0 bridgehead atoms. The SMILES string of the molecule is CC(O)C1C(=O)N2C(C(=O)O)=C(CS(=O)(=O)C(C)CSN)CC12. The van der Waals surface area contributed by atoms with Crippen molar-refractivity contribution in [3.05, 3.63) is 11.3 Å². The molecule has 4 N–H and O–H groups in total. The van der Waals surface area contributed by atoms with Crippen LogP contribution in [-0.4, -0.2) is 64.3 Å². The molecule has 2 heterocycles. The number of fused-ring (bicyclic) bond motifs is 1. The third-order valence-electron chi connectivity index (χ3n) is 4.34. The third-order valence-corrected chi connectivity index (χ3v) is 7.39. The second-order valence-corrected chi connectivity index (χ2v) is 9.04. The minimum absolute atomic E-state index is 0.157. The van der Waals surface area contributed by atoms with Crippen molar-refractivity contribution in [1.82, 2.24) is 4.90 Å². The molecular weight excluding hydrogens is 344 g/mol. The lowest BCUT2D eigenvalue weighted by Gasteiger charge is -2.44. The van der Waals surface area contributed by atoms with E-state index in [2.05, 4.69) is 0 Å². The van der Waals surface area contributed by atoms with Crippen LogP contribution >= 0.6 is 11.9 Å². The van der Waals surface area contributed by atoms with E-state index in [0.717, 1.165) is 16.8 Å². The number of rotatable bonds is 7. The van der Waals surface area contributed by atoms with Crippen molar-refractivity contribution in [1.29, 1.82) is 0 Å². The maximum atomic E-state index is 12.3. The van der Waals surface area contributed by atoms with Crippen LogP contribution in [-0.2, 0) is 19.4 Å². The monoisotopic (exact) mass is 364 g/mol. The maximum absolute atomic E-state index is 12.3. The first-order valence-corrected chi connectivity index (χ1v) is 9.88. The molecule has 2 rings (SSSR count). The quantitative estimate of drug-likeness (QED) is 0.400. The van der Waals surface area contributed by atoms with Gasteiger partial charge in [-0.25, -0.2) is 13.2 Å². The van der Waals surface area contributed by atoms with Crippen LogP contribution < -0.4 is 5.14 Å². The molecule has 8 nitrogen and oxygen atoms in total. The number of carboxylic acid groups (broad SMARTS) is 1. The van der Waals surface area contributed by atoms with E-state index >= 15 is 0 Å². The topological polar surface area (TPSA) is 138 Å². The molecule has 2 aliphatic rings. The Morgan fingerprint density at radius 3 is 2.57 bits per heavy atom. The highest BCUT2D eigenvalue weighted by Crippen LogP contribution is 2.44. The van der Waals surface area contributed by atoms with Crippen molar-refractivity contribution in [3.63, 3.8) is 0 Å². The fraction of sp³-hybridized carbons (Fsp3) is 0.692. The summed E-state index contributed by atoms with van der Waals surface area (Å²) in [6, 6.07) is -0.474. The number of nitrogens with zero attached hydrogens (tertiary/aromatic N) is 1. The summed E-state index contributed by atoms with van der Waals surface area (Å²) in [7, 11) is -3.57. The van der Waals surface area contributed by atoms with Gasteiger partial charge < -0.3 is 15.1 Å². The summed E-state index contributed by atoms with van der Waals surface area (Å²) in [5.41, 5.74) is -0.0408. The fourth-order valence-corrected chi connectivity index (χ4v) is 5.48. The first kappa shape index (κ1) is 18.2. The summed E-state index contributed by atoms with van der Waals surface area (Å²) in [6.45, 7) is 2.99. The van der Waals surface area contributed by atoms with Gasteiger partial charge in [-0.15, -0.1) is 0 Å². The molecular formula is C13H20N2O6S2. The summed E-state index contributed by atoms with van der Waals surface area (Å²) >= 11 is 0.911. The number of aliphatic carboxylic acids is 1. The van der Waals surface area contributed by atoms with E-state index in [0.29, 0.717) is 0 Å². The molecule has 130 valence electrons. The molecule has 1 saturated heterocycles. The molecule has 0 aromatic heterocycles. The Hall–Kier alpha value is -1.10. The van der Waals surface area contributed by atoms with Crippen LogP contribution in [0.4, 0.5) is 0 Å². The van der Waals surface area contributed by atoms with Gasteiger partial charge in [-0.3, -0.25) is 9.93 Å². The summed E-state index contributed by atoms with van der Waals surface area (Å²) in [6.07, 6.45) is -0.743. The van der Waals surface area contributed by atoms with Gasteiger partial charge in [0.15, 0.2) is 9.84 Å². The second kappa shape index (κ2) is 6.42. The van der Waals surface area contributed by atoms with Crippen LogP contribution in [0.1, 0.15) is 20.3 Å². The summed E-state index contributed by atoms with van der Waals surface area (Å²) in [4.78, 5) is 24.6. The van der Waals surface area contributed by atoms with Gasteiger partial charge in [0.1, 0.15) is 5.70 Å². The van der Waals surface area contributed by atoms with Crippen LogP contribution in [0.25, 0.3) is 0 Å². The van der Waals surface area contributed by atoms with Gasteiger partial charge in [0.2, 0.25) is 5.91 Å². The smallest absolute Gasteiger partial charge is 0.352 e. The molecule has 4 atom stereocenters. The van der Waals surface area contributed by atoms with Crippen LogP contribution in [0, 0.1) is 5.92 Å². The number of carbonyl (C=O) groups excluding carboxylic acids is 1. The van der Waals surface area contributed by atoms with Crippen molar-refractivity contribution in [3.8, 4) is 0 Å². The van der Waals surface area contributed by atoms with E-state index in [1.807, 2.05) is 0 Å². The Kier molecular flexibility index (Phi) is 5.09. The predicted molar refractivity (Wildman–Crippen MR) is 85.0 cm³/mol. The zero-order valence-electron chi connectivity index (χ0n) is 12.8. The highest BCUT2D eigenvalue weighted by molar-refractivity contribution is 7.99. The Labute approximate surface area is 138 Å². The molecule has 0 aromatic carbocycles. The van der Waals surface area contributed by atoms with Crippen LogP contribution in [0.5, 0.6) is 0 Å². The predicted octanol–water partition coefficient (Wildman–Crippen LogP) is -0.653. The summed E-state index contributed by atoms with van der Waals surface area (Å²) in [5, 5.41) is 23.6. The van der Waals surface area contributed by atoms with Crippen molar-refractivity contribution in [2.24, 2.45) is 11.1 Å². The fourth-order valence-electron chi connectivity index (χ4n) is 3.11. The number of nitrogens with two attached hydrogens (primary N) is 1. The number of hydrogen-bond acceptors (Lipinski definition) is 7. The molecule has 23 heavy (non-hydrogen) atoms. The average molecular weight is 364 g/mol. The second-order valence-electron chi connectivity index (χ2n) is 5.95. The molecule has 10 heteroatoms. The highest BCUT2D eigenvalue weighted by Gasteiger charge is 2.56. The Bertz CT molecular complexity index is 657. The van der Waals surface area contributed by atoms with Crippen molar-refractivity contribution >= 4 is 33.7 Å². The number of carboxylic acids is 1. The van der Waals surface area contributed by atoms with E-state index in [1.165, 1.54) is 13.8 Å². The average Bonchev–Trinajstić information content (AvgIpc) is 2.72. The maximum Gasteiger partial charge on any atom is 0.352 e. The van der Waals surface area contributed by atoms with E-state index in [9.17, 15) is 28.2 Å². The van der Waals surface area contributed by atoms with Gasteiger partial charge in [-0.2, -0.15) is 0 Å². The van der Waals surface area contributed by atoms with Gasteiger partial charge in [0, 0.05) is 5.75 Å². The number of aliphatic hydroxyl groups is 1. The largest absolute Gasteiger partial charge is 0.477 e. The van der Waals surface area contributed by atoms with Gasteiger partial charge in [-0.1, -0.05) is 11.9 Å². The Balaban J connectivity index is 2.28. The van der Waals surface area contributed by atoms with Gasteiger partial charge in [0.25, 0.3) is 0 Å². The zero-order valence-corrected chi connectivity index (χ0v) is 14.4. The number of amides is 1. The van der Waals surface area contributed by atoms with E-state index in [-0.39, 0.29) is 23.4 Å². The van der Waals surface area contributed by atoms with E-state index in [1.54, 1.807) is 0 Å². The first-order valence-electron chi connectivity index (χ1n) is 7.11. The molecule has 4 unspecified atom stereocenters. The number of aliphatic hydroxyl groups excluding tert-OH is 1. The van der Waals surface area contributed by atoms with Crippen LogP contribution in [0.3, 0.4) is 0 Å². The summed E-state index contributed by atoms with van der Waals surface area (Å²) in [5.74, 6) is -2.68. The molecule has 0 aromatic rings. The van der Waals surface area contributed by atoms with Crippen molar-refractivity contribution in [2.45, 2.75) is 37.7 Å². The van der Waals surface area contributed by atoms with Crippen LogP contribution in [0.2, 0.25) is 0 Å². The Morgan fingerprint density at radius 2 is 2.09 bits per heavy atom. The lowest BCUT2D eigenvalue weighted by Crippen LogP contribution is -2.61. The van der Waals surface area contributed by atoms with Crippen LogP contribution in [0.15, 0.2) is 11.3 Å². The first-order chi connectivity index (χ1) is 10.6. The molecule has 0 saturated carbocycles. The van der Waals surface area contributed by atoms with E-state index < -0.39 is 50.8 Å². The number of hydrogen-bond donors (Lipinski definition) is 3. The lowest BCUT2D eigenvalue weighted by atomic mass is 9.83. The lowest BCUT2D eigenvalue weighted by molar-refractivity contribution is -0.161. The highest BCUT2D eigenvalue weighted by atomic mass is 32.2. The molecule has 0 aliphatic carbocycles. The normalized spacial score (nSPS) is 26.8. The zero-order chi connectivity index (χ0) is 17.5. The minimum Gasteiger partial charge on any atom is -0.477 e. The molecule has 1 amide bonds. The Morgan fingerprint density at radius 1 is 1.48 bits per heavy atom. The van der Waals surface area contributed by atoms with Gasteiger partial charge >= 0.3 is 5.97 Å². The number of sulfone groups is 1. The molecule has 2 aliphatic heterocycles. The van der Waals surface area contributed by atoms with E-state index in [4.69, 9.17) is 5.14 Å². The molecule has 0 spiro atoms. The van der Waals surface area contributed by atoms with Gasteiger partial charge in [0.05, 0.1) is 29.1 Å². The number of carbonyl (C=O) groups is 2. The third kappa shape index (κ3) is 3.12. The molecule has 1 fully saturated rings. The van der Waals surface area contributed by atoms with Gasteiger partial charge in [-0.05, 0) is 25.8 Å².